The highest BCUT2D eigenvalue weighted by Gasteiger charge is 2.22. The highest BCUT2D eigenvalue weighted by atomic mass is 35.5. The Morgan fingerprint density at radius 3 is 2.30 bits per heavy atom. The molecule has 33 heavy (non-hydrogen) atoms. The van der Waals surface area contributed by atoms with Gasteiger partial charge in [-0.25, -0.2) is 4.39 Å². The summed E-state index contributed by atoms with van der Waals surface area (Å²) in [5.41, 5.74) is 8.07. The smallest absolute Gasteiger partial charge is 0.148 e. The molecule has 0 fully saturated rings. The van der Waals surface area contributed by atoms with Crippen molar-refractivity contribution in [3.63, 3.8) is 0 Å². The zero-order valence-electron chi connectivity index (χ0n) is 20.0. The fourth-order valence-corrected chi connectivity index (χ4v) is 4.99. The van der Waals surface area contributed by atoms with Crippen molar-refractivity contribution < 1.29 is 4.39 Å². The summed E-state index contributed by atoms with van der Waals surface area (Å²) >= 11 is 6.15. The minimum absolute atomic E-state index is 0.0543. The number of hydrogen-bond acceptors (Lipinski definition) is 0. The van der Waals surface area contributed by atoms with E-state index in [0.717, 1.165) is 45.2 Å². The molecule has 4 rings (SSSR count). The molecular formula is C30H31ClFN. The summed E-state index contributed by atoms with van der Waals surface area (Å²) in [6.07, 6.45) is 2.96. The first-order valence-corrected chi connectivity index (χ1v) is 11.9. The molecule has 0 N–H and O–H groups in total. The molecule has 1 aromatic heterocycles. The minimum atomic E-state index is -0.197. The number of fused-ring (bicyclic) bond motifs is 1. The molecule has 170 valence electrons. The number of rotatable bonds is 6. The molecule has 1 unspecified atom stereocenters. The second-order valence-electron chi connectivity index (χ2n) is 9.52. The predicted molar refractivity (Wildman–Crippen MR) is 141 cm³/mol. The number of allylic oxidation sites excluding steroid dienone is 1. The highest BCUT2D eigenvalue weighted by molar-refractivity contribution is 6.30. The van der Waals surface area contributed by atoms with E-state index >= 15 is 4.39 Å². The van der Waals surface area contributed by atoms with Gasteiger partial charge in [0, 0.05) is 16.6 Å². The maximum atomic E-state index is 15.7. The molecule has 0 radical (unpaired) electrons. The third-order valence-corrected chi connectivity index (χ3v) is 6.75. The van der Waals surface area contributed by atoms with E-state index in [4.69, 9.17) is 11.6 Å². The van der Waals surface area contributed by atoms with Gasteiger partial charge in [0.25, 0.3) is 0 Å². The fraction of sp³-hybridized carbons (Fsp3) is 0.267. The summed E-state index contributed by atoms with van der Waals surface area (Å²) in [6.45, 7) is 14.6. The molecule has 1 heterocycles. The molecule has 0 spiro atoms. The normalized spacial score (nSPS) is 12.5. The fourth-order valence-electron chi connectivity index (χ4n) is 4.77. The maximum Gasteiger partial charge on any atom is 0.148 e. The van der Waals surface area contributed by atoms with Gasteiger partial charge in [-0.05, 0) is 90.8 Å². The number of halogens is 2. The summed E-state index contributed by atoms with van der Waals surface area (Å²) in [5, 5.41) is 1.64. The van der Waals surface area contributed by atoms with Crippen LogP contribution in [0.1, 0.15) is 55.5 Å². The molecule has 0 amide bonds. The van der Waals surface area contributed by atoms with Crippen molar-refractivity contribution in [3.05, 3.63) is 100 Å². The quantitative estimate of drug-likeness (QED) is 0.270. The van der Waals surface area contributed by atoms with Crippen LogP contribution in [0.2, 0.25) is 5.02 Å². The van der Waals surface area contributed by atoms with Crippen LogP contribution in [0.3, 0.4) is 0 Å². The van der Waals surface area contributed by atoms with E-state index in [-0.39, 0.29) is 11.9 Å². The lowest BCUT2D eigenvalue weighted by molar-refractivity contribution is 0.457. The summed E-state index contributed by atoms with van der Waals surface area (Å²) < 4.78 is 17.9. The molecule has 1 atom stereocenters. The van der Waals surface area contributed by atoms with Crippen LogP contribution in [0.4, 0.5) is 4.39 Å². The van der Waals surface area contributed by atoms with E-state index in [1.165, 1.54) is 5.56 Å². The van der Waals surface area contributed by atoms with Gasteiger partial charge < -0.3 is 4.57 Å². The topological polar surface area (TPSA) is 4.93 Å². The van der Waals surface area contributed by atoms with Gasteiger partial charge in [-0.15, -0.1) is 0 Å². The van der Waals surface area contributed by atoms with Gasteiger partial charge in [0.15, 0.2) is 0 Å². The van der Waals surface area contributed by atoms with Crippen molar-refractivity contribution in [2.45, 2.75) is 47.1 Å². The average Bonchev–Trinajstić information content (AvgIpc) is 3.21. The second-order valence-corrected chi connectivity index (χ2v) is 9.96. The standard InChI is InChI=1S/C30H31ClFN/c1-18(2)15-29(23-9-7-22(8-10-23)19(3)4)33-14-13-26-21(6)27(17-28(32)30(26)33)25-12-11-24(31)16-20(25)5/h7-14,16-18,29H,3,15H2,1-2,4-6H3. The molecule has 1 nitrogen and oxygen atoms in total. The number of aryl methyl sites for hydroxylation is 2. The Kier molecular flexibility index (Phi) is 6.50. The minimum Gasteiger partial charge on any atom is -0.338 e. The molecule has 0 bridgehead atoms. The van der Waals surface area contributed by atoms with E-state index in [2.05, 4.69) is 62.2 Å². The van der Waals surface area contributed by atoms with Crippen LogP contribution in [0, 0.1) is 25.6 Å². The number of benzene rings is 3. The van der Waals surface area contributed by atoms with Crippen molar-refractivity contribution in [1.82, 2.24) is 4.57 Å². The average molecular weight is 460 g/mol. The van der Waals surface area contributed by atoms with Crippen molar-refractivity contribution in [2.75, 3.05) is 0 Å². The van der Waals surface area contributed by atoms with Crippen LogP contribution in [0.25, 0.3) is 27.6 Å². The number of aromatic nitrogens is 1. The molecular weight excluding hydrogens is 429 g/mol. The Labute approximate surface area is 201 Å². The molecule has 0 aliphatic carbocycles. The monoisotopic (exact) mass is 459 g/mol. The zero-order chi connectivity index (χ0) is 23.9. The molecule has 4 aromatic rings. The number of hydrogen-bond donors (Lipinski definition) is 0. The molecule has 0 aliphatic heterocycles. The largest absolute Gasteiger partial charge is 0.338 e. The van der Waals surface area contributed by atoms with E-state index < -0.39 is 0 Å². The Morgan fingerprint density at radius 1 is 1.00 bits per heavy atom. The lowest BCUT2D eigenvalue weighted by atomic mass is 9.93. The van der Waals surface area contributed by atoms with Crippen molar-refractivity contribution >= 4 is 28.1 Å². The van der Waals surface area contributed by atoms with E-state index in [0.29, 0.717) is 16.5 Å². The van der Waals surface area contributed by atoms with Gasteiger partial charge in [0.2, 0.25) is 0 Å². The third kappa shape index (κ3) is 4.50. The van der Waals surface area contributed by atoms with Crippen LogP contribution < -0.4 is 0 Å². The van der Waals surface area contributed by atoms with Gasteiger partial charge >= 0.3 is 0 Å². The summed E-state index contributed by atoms with van der Waals surface area (Å²) in [5.74, 6) is 0.269. The lowest BCUT2D eigenvalue weighted by Gasteiger charge is -2.24. The first kappa shape index (κ1) is 23.3. The molecule has 3 aromatic carbocycles. The molecule has 0 aliphatic rings. The van der Waals surface area contributed by atoms with E-state index in [9.17, 15) is 0 Å². The van der Waals surface area contributed by atoms with Crippen LogP contribution in [0.15, 0.2) is 67.4 Å². The third-order valence-electron chi connectivity index (χ3n) is 6.52. The zero-order valence-corrected chi connectivity index (χ0v) is 20.8. The van der Waals surface area contributed by atoms with Crippen molar-refractivity contribution in [3.8, 4) is 11.1 Å². The summed E-state index contributed by atoms with van der Waals surface area (Å²) in [4.78, 5) is 0. The van der Waals surface area contributed by atoms with Gasteiger partial charge in [-0.1, -0.05) is 67.9 Å². The van der Waals surface area contributed by atoms with Gasteiger partial charge in [0.1, 0.15) is 5.82 Å². The van der Waals surface area contributed by atoms with E-state index in [1.54, 1.807) is 6.07 Å². The SMILES string of the molecule is C=C(C)c1ccc(C(CC(C)C)n2ccc3c(C)c(-c4ccc(Cl)cc4C)cc(F)c32)cc1. The van der Waals surface area contributed by atoms with E-state index in [1.807, 2.05) is 38.2 Å². The molecule has 0 saturated carbocycles. The summed E-state index contributed by atoms with van der Waals surface area (Å²) in [7, 11) is 0. The first-order chi connectivity index (χ1) is 15.7. The van der Waals surface area contributed by atoms with Gasteiger partial charge in [-0.3, -0.25) is 0 Å². The lowest BCUT2D eigenvalue weighted by Crippen LogP contribution is -2.13. The van der Waals surface area contributed by atoms with Gasteiger partial charge in [-0.2, -0.15) is 0 Å². The number of nitrogens with zero attached hydrogens (tertiary/aromatic N) is 1. The van der Waals surface area contributed by atoms with Crippen LogP contribution >= 0.6 is 11.6 Å². The Hall–Kier alpha value is -2.84. The Balaban J connectivity index is 1.87. The maximum absolute atomic E-state index is 15.7. The summed E-state index contributed by atoms with van der Waals surface area (Å²) in [6, 6.07) is 18.1. The molecule has 3 heteroatoms. The Bertz CT molecular complexity index is 1330. The second kappa shape index (κ2) is 9.19. The predicted octanol–water partition coefficient (Wildman–Crippen LogP) is 9.39. The van der Waals surface area contributed by atoms with Crippen molar-refractivity contribution in [2.24, 2.45) is 5.92 Å². The Morgan fingerprint density at radius 2 is 1.70 bits per heavy atom. The van der Waals surface area contributed by atoms with Crippen LogP contribution in [-0.4, -0.2) is 4.57 Å². The molecule has 0 saturated heterocycles. The van der Waals surface area contributed by atoms with Crippen LogP contribution in [0.5, 0.6) is 0 Å². The highest BCUT2D eigenvalue weighted by Crippen LogP contribution is 2.38. The van der Waals surface area contributed by atoms with Crippen molar-refractivity contribution in [1.29, 1.82) is 0 Å². The van der Waals surface area contributed by atoms with Crippen LogP contribution in [-0.2, 0) is 0 Å². The first-order valence-electron chi connectivity index (χ1n) is 11.5. The van der Waals surface area contributed by atoms with Gasteiger partial charge in [0.05, 0.1) is 11.6 Å².